The average molecular weight is 437 g/mol. The molecule has 0 aliphatic carbocycles. The van der Waals surface area contributed by atoms with Crippen LogP contribution in [0.5, 0.6) is 5.75 Å². The van der Waals surface area contributed by atoms with Gasteiger partial charge in [0, 0.05) is 21.4 Å². The van der Waals surface area contributed by atoms with Crippen molar-refractivity contribution in [3.63, 3.8) is 0 Å². The van der Waals surface area contributed by atoms with Gasteiger partial charge in [0.15, 0.2) is 0 Å². The summed E-state index contributed by atoms with van der Waals surface area (Å²) in [5, 5.41) is 2.91. The first kappa shape index (κ1) is 17.2. The average Bonchev–Trinajstić information content (AvgIpc) is 3.10. The Labute approximate surface area is 155 Å². The highest BCUT2D eigenvalue weighted by Gasteiger charge is 2.16. The second-order valence-corrected chi connectivity index (χ2v) is 7.05. The van der Waals surface area contributed by atoms with E-state index in [4.69, 9.17) is 9.47 Å². The van der Waals surface area contributed by atoms with Crippen molar-refractivity contribution >= 4 is 34.2 Å². The molecule has 1 unspecified atom stereocenters. The molecule has 1 amide bonds. The Hall–Kier alpha value is -1.60. The summed E-state index contributed by atoms with van der Waals surface area (Å²) < 4.78 is 12.3. The monoisotopic (exact) mass is 437 g/mol. The lowest BCUT2D eigenvalue weighted by Gasteiger charge is -2.12. The second-order valence-electron chi connectivity index (χ2n) is 5.89. The summed E-state index contributed by atoms with van der Waals surface area (Å²) in [6.45, 7) is 3.43. The molecule has 5 heteroatoms. The van der Waals surface area contributed by atoms with Crippen molar-refractivity contribution < 1.29 is 14.3 Å². The number of hydrogen-bond donors (Lipinski definition) is 1. The molecular formula is C19H20INO3. The maximum Gasteiger partial charge on any atom is 0.255 e. The van der Waals surface area contributed by atoms with E-state index in [-0.39, 0.29) is 12.0 Å². The van der Waals surface area contributed by atoms with Crippen molar-refractivity contribution in [2.45, 2.75) is 25.9 Å². The molecule has 1 heterocycles. The van der Waals surface area contributed by atoms with E-state index in [1.165, 1.54) is 5.56 Å². The SMILES string of the molecule is Cc1ccc(C(=O)Nc2ccc(OCC3CCCO3)cc2)cc1I. The zero-order valence-electron chi connectivity index (χ0n) is 13.5. The maximum absolute atomic E-state index is 12.3. The number of ether oxygens (including phenoxy) is 2. The first-order chi connectivity index (χ1) is 11.6. The molecule has 1 N–H and O–H groups in total. The molecule has 24 heavy (non-hydrogen) atoms. The molecule has 1 aliphatic heterocycles. The molecule has 3 rings (SSSR count). The van der Waals surface area contributed by atoms with E-state index in [9.17, 15) is 4.79 Å². The number of hydrogen-bond acceptors (Lipinski definition) is 3. The van der Waals surface area contributed by atoms with Gasteiger partial charge in [-0.15, -0.1) is 0 Å². The summed E-state index contributed by atoms with van der Waals surface area (Å²) in [4.78, 5) is 12.3. The zero-order valence-corrected chi connectivity index (χ0v) is 15.7. The fourth-order valence-corrected chi connectivity index (χ4v) is 3.05. The number of amides is 1. The topological polar surface area (TPSA) is 47.6 Å². The van der Waals surface area contributed by atoms with Gasteiger partial charge in [0.1, 0.15) is 12.4 Å². The van der Waals surface area contributed by atoms with Gasteiger partial charge in [-0.2, -0.15) is 0 Å². The standard InChI is InChI=1S/C19H20INO3/c1-13-4-5-14(11-18(13)20)19(22)21-15-6-8-16(9-7-15)24-12-17-3-2-10-23-17/h4-9,11,17H,2-3,10,12H2,1H3,(H,21,22). The molecule has 2 aromatic carbocycles. The molecule has 1 aliphatic rings. The first-order valence-electron chi connectivity index (χ1n) is 8.04. The molecule has 0 spiro atoms. The Morgan fingerprint density at radius 1 is 1.29 bits per heavy atom. The van der Waals surface area contributed by atoms with Gasteiger partial charge < -0.3 is 14.8 Å². The summed E-state index contributed by atoms with van der Waals surface area (Å²) in [5.74, 6) is 0.675. The number of aryl methyl sites for hydroxylation is 1. The lowest BCUT2D eigenvalue weighted by Crippen LogP contribution is -2.16. The van der Waals surface area contributed by atoms with Crippen LogP contribution < -0.4 is 10.1 Å². The van der Waals surface area contributed by atoms with Crippen molar-refractivity contribution in [3.8, 4) is 5.75 Å². The van der Waals surface area contributed by atoms with Gasteiger partial charge in [-0.05, 0) is 84.3 Å². The van der Waals surface area contributed by atoms with E-state index < -0.39 is 0 Å². The summed E-state index contributed by atoms with van der Waals surface area (Å²) >= 11 is 2.24. The molecule has 0 radical (unpaired) electrons. The Morgan fingerprint density at radius 2 is 2.08 bits per heavy atom. The number of carbonyl (C=O) groups excluding carboxylic acids is 1. The highest BCUT2D eigenvalue weighted by Crippen LogP contribution is 2.20. The van der Waals surface area contributed by atoms with E-state index in [0.29, 0.717) is 12.2 Å². The molecule has 1 fully saturated rings. The van der Waals surface area contributed by atoms with Crippen LogP contribution in [0.3, 0.4) is 0 Å². The van der Waals surface area contributed by atoms with Crippen LogP contribution in [0, 0.1) is 10.5 Å². The molecule has 4 nitrogen and oxygen atoms in total. The van der Waals surface area contributed by atoms with E-state index in [2.05, 4.69) is 27.9 Å². The highest BCUT2D eigenvalue weighted by atomic mass is 127. The van der Waals surface area contributed by atoms with Crippen molar-refractivity contribution in [3.05, 3.63) is 57.2 Å². The third-order valence-corrected chi connectivity index (χ3v) is 5.17. The van der Waals surface area contributed by atoms with Crippen molar-refractivity contribution in [1.29, 1.82) is 0 Å². The Bertz CT molecular complexity index is 709. The third-order valence-electron chi connectivity index (χ3n) is 4.01. The summed E-state index contributed by atoms with van der Waals surface area (Å²) in [5.41, 5.74) is 2.57. The van der Waals surface area contributed by atoms with Gasteiger partial charge in [-0.25, -0.2) is 0 Å². The van der Waals surface area contributed by atoms with Crippen LogP contribution in [0.4, 0.5) is 5.69 Å². The predicted molar refractivity (Wildman–Crippen MR) is 103 cm³/mol. The van der Waals surface area contributed by atoms with Gasteiger partial charge in [0.25, 0.3) is 5.91 Å². The number of halogens is 1. The van der Waals surface area contributed by atoms with Crippen molar-refractivity contribution in [2.75, 3.05) is 18.5 Å². The fourth-order valence-electron chi connectivity index (χ4n) is 2.54. The number of anilines is 1. The summed E-state index contributed by atoms with van der Waals surface area (Å²) in [7, 11) is 0. The van der Waals surface area contributed by atoms with Crippen molar-refractivity contribution in [2.24, 2.45) is 0 Å². The van der Waals surface area contributed by atoms with Gasteiger partial charge in [0.05, 0.1) is 6.10 Å². The molecule has 1 saturated heterocycles. The van der Waals surface area contributed by atoms with Crippen LogP contribution in [0.15, 0.2) is 42.5 Å². The zero-order chi connectivity index (χ0) is 16.9. The summed E-state index contributed by atoms with van der Waals surface area (Å²) in [6.07, 6.45) is 2.37. The van der Waals surface area contributed by atoms with Crippen LogP contribution in [0.1, 0.15) is 28.8 Å². The Morgan fingerprint density at radius 3 is 2.75 bits per heavy atom. The largest absolute Gasteiger partial charge is 0.491 e. The summed E-state index contributed by atoms with van der Waals surface area (Å²) in [6, 6.07) is 13.1. The van der Waals surface area contributed by atoms with E-state index in [1.807, 2.05) is 49.4 Å². The molecule has 0 aromatic heterocycles. The van der Waals surface area contributed by atoms with Gasteiger partial charge in [0.2, 0.25) is 0 Å². The van der Waals surface area contributed by atoms with Crippen LogP contribution >= 0.6 is 22.6 Å². The Kier molecular flexibility index (Phi) is 5.73. The van der Waals surface area contributed by atoms with Gasteiger partial charge >= 0.3 is 0 Å². The lowest BCUT2D eigenvalue weighted by atomic mass is 10.1. The molecule has 0 bridgehead atoms. The number of rotatable bonds is 5. The van der Waals surface area contributed by atoms with Crippen LogP contribution in [-0.4, -0.2) is 25.2 Å². The molecular weight excluding hydrogens is 417 g/mol. The van der Waals surface area contributed by atoms with Crippen LogP contribution in [0.2, 0.25) is 0 Å². The van der Waals surface area contributed by atoms with E-state index in [1.54, 1.807) is 0 Å². The Balaban J connectivity index is 1.56. The minimum absolute atomic E-state index is 0.110. The normalized spacial score (nSPS) is 16.8. The highest BCUT2D eigenvalue weighted by molar-refractivity contribution is 14.1. The van der Waals surface area contributed by atoms with Crippen LogP contribution in [0.25, 0.3) is 0 Å². The first-order valence-corrected chi connectivity index (χ1v) is 9.11. The quantitative estimate of drug-likeness (QED) is 0.706. The maximum atomic E-state index is 12.3. The number of carbonyl (C=O) groups is 1. The van der Waals surface area contributed by atoms with Crippen molar-refractivity contribution in [1.82, 2.24) is 0 Å². The van der Waals surface area contributed by atoms with E-state index >= 15 is 0 Å². The van der Waals surface area contributed by atoms with Gasteiger partial charge in [-0.1, -0.05) is 6.07 Å². The number of benzene rings is 2. The second kappa shape index (κ2) is 7.98. The van der Waals surface area contributed by atoms with Crippen LogP contribution in [-0.2, 0) is 4.74 Å². The molecule has 126 valence electrons. The fraction of sp³-hybridized carbons (Fsp3) is 0.316. The predicted octanol–water partition coefficient (Wildman–Crippen LogP) is 4.41. The smallest absolute Gasteiger partial charge is 0.255 e. The molecule has 0 saturated carbocycles. The molecule has 1 atom stereocenters. The van der Waals surface area contributed by atoms with Gasteiger partial charge in [-0.3, -0.25) is 4.79 Å². The minimum atomic E-state index is -0.110. The van der Waals surface area contributed by atoms with E-state index in [0.717, 1.165) is 34.5 Å². The number of nitrogens with one attached hydrogen (secondary N) is 1. The molecule has 2 aromatic rings. The minimum Gasteiger partial charge on any atom is -0.491 e. The third kappa shape index (κ3) is 4.48. The lowest BCUT2D eigenvalue weighted by molar-refractivity contribution is 0.0679.